The predicted octanol–water partition coefficient (Wildman–Crippen LogP) is 6.39. The molecule has 2 rings (SSSR count). The maximum atomic E-state index is 4.26. The van der Waals surface area contributed by atoms with Gasteiger partial charge >= 0.3 is 0 Å². The van der Waals surface area contributed by atoms with Crippen LogP contribution in [0.15, 0.2) is 60.9 Å². The standard InChI is InChI=1S/C24H31N/c1-6-20-15-21(7-2)17-22(16-20)13-14-25-19(5)24(8-3)23-11-9-18(4)10-12-23/h9-17,24-25H,5-8H2,1-4H3/b14-13+. The Labute approximate surface area is 153 Å². The molecular formula is C24H31N. The van der Waals surface area contributed by atoms with E-state index in [1.165, 1.54) is 27.8 Å². The van der Waals surface area contributed by atoms with Crippen molar-refractivity contribution in [1.29, 1.82) is 0 Å². The van der Waals surface area contributed by atoms with Crippen molar-refractivity contribution in [2.24, 2.45) is 0 Å². The molecule has 132 valence electrons. The third-order valence-electron chi connectivity index (χ3n) is 4.74. The molecule has 1 atom stereocenters. The smallest absolute Gasteiger partial charge is 0.0232 e. The Morgan fingerprint density at radius 1 is 1.00 bits per heavy atom. The third-order valence-corrected chi connectivity index (χ3v) is 4.74. The average molecular weight is 334 g/mol. The number of allylic oxidation sites excluding steroid dienone is 1. The quantitative estimate of drug-likeness (QED) is 0.590. The van der Waals surface area contributed by atoms with Crippen LogP contribution in [0.4, 0.5) is 0 Å². The molecule has 0 bridgehead atoms. The van der Waals surface area contributed by atoms with E-state index in [1.54, 1.807) is 0 Å². The maximum absolute atomic E-state index is 4.26. The van der Waals surface area contributed by atoms with E-state index < -0.39 is 0 Å². The largest absolute Gasteiger partial charge is 0.365 e. The first-order chi connectivity index (χ1) is 12.1. The lowest BCUT2D eigenvalue weighted by Crippen LogP contribution is -2.12. The number of hydrogen-bond donors (Lipinski definition) is 1. The summed E-state index contributed by atoms with van der Waals surface area (Å²) < 4.78 is 0. The van der Waals surface area contributed by atoms with Crippen LogP contribution >= 0.6 is 0 Å². The van der Waals surface area contributed by atoms with Crippen LogP contribution in [0.1, 0.15) is 60.9 Å². The topological polar surface area (TPSA) is 12.0 Å². The van der Waals surface area contributed by atoms with Crippen molar-refractivity contribution in [2.75, 3.05) is 0 Å². The van der Waals surface area contributed by atoms with E-state index in [-0.39, 0.29) is 0 Å². The fraction of sp³-hybridized carbons (Fsp3) is 0.333. The van der Waals surface area contributed by atoms with E-state index in [2.05, 4.69) is 88.1 Å². The van der Waals surface area contributed by atoms with E-state index in [9.17, 15) is 0 Å². The van der Waals surface area contributed by atoms with Gasteiger partial charge in [0.15, 0.2) is 0 Å². The van der Waals surface area contributed by atoms with Crippen LogP contribution in [0.3, 0.4) is 0 Å². The molecule has 1 N–H and O–H groups in total. The number of benzene rings is 2. The minimum absolute atomic E-state index is 0.332. The van der Waals surface area contributed by atoms with Gasteiger partial charge in [0.1, 0.15) is 0 Å². The molecule has 0 saturated carbocycles. The van der Waals surface area contributed by atoms with Crippen molar-refractivity contribution in [3.05, 3.63) is 88.8 Å². The van der Waals surface area contributed by atoms with Crippen LogP contribution < -0.4 is 5.32 Å². The van der Waals surface area contributed by atoms with E-state index in [0.29, 0.717) is 5.92 Å². The number of nitrogens with one attached hydrogen (secondary N) is 1. The van der Waals surface area contributed by atoms with Gasteiger partial charge in [0.05, 0.1) is 0 Å². The van der Waals surface area contributed by atoms with Crippen LogP contribution in [0.5, 0.6) is 0 Å². The van der Waals surface area contributed by atoms with Gasteiger partial charge in [0, 0.05) is 17.8 Å². The third kappa shape index (κ3) is 5.35. The molecule has 25 heavy (non-hydrogen) atoms. The summed E-state index contributed by atoms with van der Waals surface area (Å²) in [7, 11) is 0. The van der Waals surface area contributed by atoms with Crippen molar-refractivity contribution in [3.8, 4) is 0 Å². The Kier molecular flexibility index (Phi) is 7.06. The summed E-state index contributed by atoms with van der Waals surface area (Å²) >= 11 is 0. The molecule has 1 nitrogen and oxygen atoms in total. The highest BCUT2D eigenvalue weighted by molar-refractivity contribution is 5.52. The molecule has 2 aromatic carbocycles. The first-order valence-electron chi connectivity index (χ1n) is 9.38. The van der Waals surface area contributed by atoms with E-state index >= 15 is 0 Å². The van der Waals surface area contributed by atoms with Crippen LogP contribution in [-0.2, 0) is 12.8 Å². The Balaban J connectivity index is 2.07. The lowest BCUT2D eigenvalue weighted by Gasteiger charge is -2.18. The molecule has 1 heteroatoms. The monoisotopic (exact) mass is 333 g/mol. The Hall–Kier alpha value is -2.28. The van der Waals surface area contributed by atoms with Crippen LogP contribution in [0.25, 0.3) is 6.08 Å². The molecular weight excluding hydrogens is 302 g/mol. The summed E-state index contributed by atoms with van der Waals surface area (Å²) in [5.74, 6) is 0.332. The lowest BCUT2D eigenvalue weighted by atomic mass is 9.93. The molecule has 1 unspecified atom stereocenters. The summed E-state index contributed by atoms with van der Waals surface area (Å²) in [6.45, 7) is 13.0. The summed E-state index contributed by atoms with van der Waals surface area (Å²) in [6, 6.07) is 15.6. The molecule has 0 radical (unpaired) electrons. The minimum atomic E-state index is 0.332. The number of rotatable bonds is 8. The molecule has 0 amide bonds. The van der Waals surface area contributed by atoms with Gasteiger partial charge in [-0.2, -0.15) is 0 Å². The zero-order chi connectivity index (χ0) is 18.2. The molecule has 0 aliphatic heterocycles. The summed E-state index contributed by atoms with van der Waals surface area (Å²) in [6.07, 6.45) is 7.34. The molecule has 0 aromatic heterocycles. The van der Waals surface area contributed by atoms with Gasteiger partial charge in [-0.3, -0.25) is 0 Å². The lowest BCUT2D eigenvalue weighted by molar-refractivity contribution is 0.720. The predicted molar refractivity (Wildman–Crippen MR) is 111 cm³/mol. The van der Waals surface area contributed by atoms with Crippen molar-refractivity contribution in [1.82, 2.24) is 5.32 Å². The maximum Gasteiger partial charge on any atom is 0.0232 e. The number of hydrogen-bond acceptors (Lipinski definition) is 1. The SMILES string of the molecule is C=C(N/C=C/c1cc(CC)cc(CC)c1)C(CC)c1ccc(C)cc1. The van der Waals surface area contributed by atoms with Gasteiger partial charge in [0.25, 0.3) is 0 Å². The molecule has 0 spiro atoms. The summed E-state index contributed by atoms with van der Waals surface area (Å²) in [5.41, 5.74) is 7.69. The fourth-order valence-electron chi connectivity index (χ4n) is 3.12. The highest BCUT2D eigenvalue weighted by atomic mass is 14.9. The van der Waals surface area contributed by atoms with Crippen molar-refractivity contribution >= 4 is 6.08 Å². The first kappa shape index (κ1) is 19.1. The summed E-state index contributed by atoms with van der Waals surface area (Å²) in [5, 5.41) is 3.40. The van der Waals surface area contributed by atoms with Gasteiger partial charge in [-0.1, -0.05) is 75.4 Å². The Morgan fingerprint density at radius 2 is 1.60 bits per heavy atom. The van der Waals surface area contributed by atoms with E-state index in [4.69, 9.17) is 0 Å². The normalized spacial score (nSPS) is 12.3. The van der Waals surface area contributed by atoms with E-state index in [1.807, 2.05) is 6.20 Å². The average Bonchev–Trinajstić information content (AvgIpc) is 2.63. The minimum Gasteiger partial charge on any atom is -0.365 e. The van der Waals surface area contributed by atoms with E-state index in [0.717, 1.165) is 25.0 Å². The van der Waals surface area contributed by atoms with Crippen LogP contribution in [-0.4, -0.2) is 0 Å². The van der Waals surface area contributed by atoms with Gasteiger partial charge in [-0.05, 0) is 54.5 Å². The second-order valence-electron chi connectivity index (χ2n) is 6.66. The van der Waals surface area contributed by atoms with Crippen molar-refractivity contribution in [3.63, 3.8) is 0 Å². The molecule has 0 fully saturated rings. The first-order valence-corrected chi connectivity index (χ1v) is 9.38. The zero-order valence-corrected chi connectivity index (χ0v) is 16.1. The van der Waals surface area contributed by atoms with Crippen LogP contribution in [0.2, 0.25) is 0 Å². The van der Waals surface area contributed by atoms with Gasteiger partial charge in [-0.15, -0.1) is 0 Å². The van der Waals surface area contributed by atoms with Gasteiger partial charge in [-0.25, -0.2) is 0 Å². The highest BCUT2D eigenvalue weighted by Crippen LogP contribution is 2.25. The van der Waals surface area contributed by atoms with Gasteiger partial charge < -0.3 is 5.32 Å². The van der Waals surface area contributed by atoms with Crippen LogP contribution in [0, 0.1) is 6.92 Å². The Bertz CT molecular complexity index is 700. The fourth-order valence-corrected chi connectivity index (χ4v) is 3.12. The molecule has 0 saturated heterocycles. The van der Waals surface area contributed by atoms with Crippen molar-refractivity contribution < 1.29 is 0 Å². The molecule has 0 heterocycles. The Morgan fingerprint density at radius 3 is 2.12 bits per heavy atom. The second-order valence-corrected chi connectivity index (χ2v) is 6.66. The second kappa shape index (κ2) is 9.27. The van der Waals surface area contributed by atoms with Crippen molar-refractivity contribution in [2.45, 2.75) is 52.9 Å². The molecule has 2 aromatic rings. The zero-order valence-electron chi connectivity index (χ0n) is 16.1. The highest BCUT2D eigenvalue weighted by Gasteiger charge is 2.12. The summed E-state index contributed by atoms with van der Waals surface area (Å²) in [4.78, 5) is 0. The molecule has 0 aliphatic rings. The van der Waals surface area contributed by atoms with Gasteiger partial charge in [0.2, 0.25) is 0 Å². The number of aryl methyl sites for hydroxylation is 3. The molecule has 0 aliphatic carbocycles.